The molecule has 6 rings (SSSR count). The molecular weight excluding hydrogens is 593 g/mol. The van der Waals surface area contributed by atoms with E-state index in [1.54, 1.807) is 67.9 Å². The van der Waals surface area contributed by atoms with E-state index in [0.717, 1.165) is 22.4 Å². The van der Waals surface area contributed by atoms with E-state index in [0.29, 0.717) is 34.5 Å². The summed E-state index contributed by atoms with van der Waals surface area (Å²) in [6.45, 7) is 6.10. The van der Waals surface area contributed by atoms with Gasteiger partial charge in [0.1, 0.15) is 16.8 Å². The van der Waals surface area contributed by atoms with Gasteiger partial charge in [-0.05, 0) is 50.6 Å². The number of halogens is 2. The Bertz CT molecular complexity index is 2010. The van der Waals surface area contributed by atoms with Crippen LogP contribution in [0.15, 0.2) is 101 Å². The van der Waals surface area contributed by atoms with Crippen LogP contribution in [0.3, 0.4) is 0 Å². The average molecular weight is 626 g/mol. The molecule has 230 valence electrons. The van der Waals surface area contributed by atoms with Crippen LogP contribution in [-0.2, 0) is 20.6 Å². The van der Waals surface area contributed by atoms with E-state index >= 15 is 0 Å². The fourth-order valence-corrected chi connectivity index (χ4v) is 5.34. The lowest BCUT2D eigenvalue weighted by atomic mass is 10.1. The molecular formula is C34H33ClFN7O2. The molecule has 9 nitrogen and oxygen atoms in total. The number of rotatable bonds is 6. The molecule has 0 amide bonds. The minimum Gasteiger partial charge on any atom is -0.323 e. The van der Waals surface area contributed by atoms with Gasteiger partial charge in [-0.2, -0.15) is 4.39 Å². The van der Waals surface area contributed by atoms with Crippen molar-refractivity contribution >= 4 is 11.6 Å². The Kier molecular flexibility index (Phi) is 9.24. The van der Waals surface area contributed by atoms with Crippen LogP contribution in [0, 0.1) is 19.8 Å². The van der Waals surface area contributed by atoms with Gasteiger partial charge >= 0.3 is 0 Å². The van der Waals surface area contributed by atoms with Gasteiger partial charge in [-0.25, -0.2) is 9.97 Å². The SMILES string of the molecule is Cc1cc(-c2nc(Cl)cn2C(C)c2ccccn2)cn(C)c1=O.Cc1cc(-c2nc(F)cn2Cc2ccccc2)cn(C)c1=O. The molecule has 45 heavy (non-hydrogen) atoms. The summed E-state index contributed by atoms with van der Waals surface area (Å²) in [5.41, 5.74) is 4.74. The number of nitrogens with zero attached hydrogens (tertiary/aromatic N) is 7. The van der Waals surface area contributed by atoms with Gasteiger partial charge in [-0.15, -0.1) is 0 Å². The molecule has 5 aromatic heterocycles. The molecule has 6 aromatic rings. The van der Waals surface area contributed by atoms with Gasteiger partial charge in [0.05, 0.1) is 17.9 Å². The van der Waals surface area contributed by atoms with Crippen LogP contribution in [0.1, 0.15) is 35.3 Å². The van der Waals surface area contributed by atoms with Crippen LogP contribution in [0.5, 0.6) is 0 Å². The number of imidazole rings is 2. The maximum atomic E-state index is 13.7. The molecule has 5 heterocycles. The summed E-state index contributed by atoms with van der Waals surface area (Å²) in [5.74, 6) is 0.698. The molecule has 11 heteroatoms. The highest BCUT2D eigenvalue weighted by Crippen LogP contribution is 2.27. The normalized spacial score (nSPS) is 11.6. The van der Waals surface area contributed by atoms with Gasteiger partial charge in [0.25, 0.3) is 11.1 Å². The maximum absolute atomic E-state index is 13.7. The van der Waals surface area contributed by atoms with E-state index < -0.39 is 5.95 Å². The summed E-state index contributed by atoms with van der Waals surface area (Å²) in [4.78, 5) is 36.5. The molecule has 1 aromatic carbocycles. The highest BCUT2D eigenvalue weighted by molar-refractivity contribution is 6.29. The largest absolute Gasteiger partial charge is 0.323 e. The summed E-state index contributed by atoms with van der Waals surface area (Å²) >= 11 is 6.14. The molecule has 0 spiro atoms. The molecule has 1 atom stereocenters. The standard InChI is InChI=1S/C17H17ClN4O.C17H16FN3O/c1-11-8-13(9-21(3)17(11)23)16-20-15(18)10-22(16)12(2)14-6-4-5-7-19-14;1-12-8-14(10-20(2)17(12)22)16-19-15(18)11-21(16)9-13-6-4-3-5-7-13/h4-10,12H,1-3H3;3-8,10-11H,9H2,1-2H3. The van der Waals surface area contributed by atoms with E-state index in [9.17, 15) is 14.0 Å². The van der Waals surface area contributed by atoms with Gasteiger partial charge in [-0.1, -0.05) is 48.0 Å². The predicted octanol–water partition coefficient (Wildman–Crippen LogP) is 5.96. The summed E-state index contributed by atoms with van der Waals surface area (Å²) in [7, 11) is 3.41. The second kappa shape index (κ2) is 13.3. The van der Waals surface area contributed by atoms with Gasteiger partial charge in [0.15, 0.2) is 0 Å². The third-order valence-corrected chi connectivity index (χ3v) is 7.60. The highest BCUT2D eigenvalue weighted by atomic mass is 35.5. The molecule has 0 saturated carbocycles. The Morgan fingerprint density at radius 3 is 1.98 bits per heavy atom. The number of pyridine rings is 3. The zero-order valence-electron chi connectivity index (χ0n) is 25.6. The molecule has 0 N–H and O–H groups in total. The zero-order chi connectivity index (χ0) is 32.2. The summed E-state index contributed by atoms with van der Waals surface area (Å²) in [6.07, 6.45) is 8.38. The van der Waals surface area contributed by atoms with Crippen molar-refractivity contribution in [3.05, 3.63) is 146 Å². The lowest BCUT2D eigenvalue weighted by Crippen LogP contribution is -2.19. The summed E-state index contributed by atoms with van der Waals surface area (Å²) in [6, 6.07) is 19.1. The van der Waals surface area contributed by atoms with E-state index in [-0.39, 0.29) is 17.2 Å². The lowest BCUT2D eigenvalue weighted by molar-refractivity contribution is 0.588. The van der Waals surface area contributed by atoms with Crippen molar-refractivity contribution in [1.82, 2.24) is 33.2 Å². The molecule has 0 fully saturated rings. The van der Waals surface area contributed by atoms with Crippen LogP contribution < -0.4 is 11.1 Å². The van der Waals surface area contributed by atoms with Gasteiger partial charge in [0, 0.05) is 67.7 Å². The lowest BCUT2D eigenvalue weighted by Gasteiger charge is -2.16. The number of hydrogen-bond donors (Lipinski definition) is 0. The molecule has 0 aliphatic heterocycles. The van der Waals surface area contributed by atoms with Crippen molar-refractivity contribution in [2.75, 3.05) is 0 Å². The molecule has 0 saturated heterocycles. The first kappa shape index (κ1) is 31.3. The van der Waals surface area contributed by atoms with E-state index in [4.69, 9.17) is 11.6 Å². The molecule has 0 bridgehead atoms. The Balaban J connectivity index is 0.000000178. The highest BCUT2D eigenvalue weighted by Gasteiger charge is 2.18. The zero-order valence-corrected chi connectivity index (χ0v) is 26.4. The third kappa shape index (κ3) is 7.02. The van der Waals surface area contributed by atoms with Crippen LogP contribution in [0.25, 0.3) is 22.8 Å². The third-order valence-electron chi connectivity index (χ3n) is 7.42. The van der Waals surface area contributed by atoms with Crippen LogP contribution >= 0.6 is 11.6 Å². The average Bonchev–Trinajstić information content (AvgIpc) is 3.60. The Labute approximate surface area is 264 Å². The second-order valence-electron chi connectivity index (χ2n) is 10.9. The van der Waals surface area contributed by atoms with E-state index in [2.05, 4.69) is 15.0 Å². The van der Waals surface area contributed by atoms with Crippen molar-refractivity contribution in [3.63, 3.8) is 0 Å². The van der Waals surface area contributed by atoms with Crippen molar-refractivity contribution in [2.24, 2.45) is 14.1 Å². The van der Waals surface area contributed by atoms with Crippen molar-refractivity contribution < 1.29 is 4.39 Å². The minimum atomic E-state index is -0.530. The topological polar surface area (TPSA) is 92.5 Å². The van der Waals surface area contributed by atoms with Crippen molar-refractivity contribution in [3.8, 4) is 22.8 Å². The monoisotopic (exact) mass is 625 g/mol. The maximum Gasteiger partial charge on any atom is 0.253 e. The van der Waals surface area contributed by atoms with Crippen molar-refractivity contribution in [2.45, 2.75) is 33.4 Å². The number of aromatic nitrogens is 7. The van der Waals surface area contributed by atoms with E-state index in [1.165, 1.54) is 10.8 Å². The quantitative estimate of drug-likeness (QED) is 0.228. The molecule has 0 radical (unpaired) electrons. The van der Waals surface area contributed by atoms with Crippen LogP contribution in [0.4, 0.5) is 4.39 Å². The van der Waals surface area contributed by atoms with Crippen LogP contribution in [-0.4, -0.2) is 33.2 Å². The molecule has 0 aliphatic rings. The molecule has 1 unspecified atom stereocenters. The number of aryl methyl sites for hydroxylation is 4. The van der Waals surface area contributed by atoms with Gasteiger partial charge < -0.3 is 18.3 Å². The Morgan fingerprint density at radius 2 is 1.40 bits per heavy atom. The summed E-state index contributed by atoms with van der Waals surface area (Å²) in [5, 5.41) is 0.411. The van der Waals surface area contributed by atoms with E-state index in [1.807, 2.05) is 66.1 Å². The van der Waals surface area contributed by atoms with Crippen LogP contribution in [0.2, 0.25) is 5.15 Å². The van der Waals surface area contributed by atoms with Gasteiger partial charge in [-0.3, -0.25) is 14.6 Å². The predicted molar refractivity (Wildman–Crippen MR) is 174 cm³/mol. The number of hydrogen-bond acceptors (Lipinski definition) is 5. The smallest absolute Gasteiger partial charge is 0.253 e. The van der Waals surface area contributed by atoms with Crippen molar-refractivity contribution in [1.29, 1.82) is 0 Å². The first-order valence-corrected chi connectivity index (χ1v) is 14.7. The second-order valence-corrected chi connectivity index (χ2v) is 11.3. The fraction of sp³-hybridized carbons (Fsp3) is 0.206. The first-order valence-electron chi connectivity index (χ1n) is 14.3. The first-order chi connectivity index (χ1) is 21.5. The Morgan fingerprint density at radius 1 is 0.800 bits per heavy atom. The van der Waals surface area contributed by atoms with Gasteiger partial charge in [0.2, 0.25) is 5.95 Å². The fourth-order valence-electron chi connectivity index (χ4n) is 5.15. The minimum absolute atomic E-state index is 0.0178. The Hall–Kier alpha value is -5.09. The summed E-state index contributed by atoms with van der Waals surface area (Å²) < 4.78 is 20.4. The molecule has 0 aliphatic carbocycles. The number of benzene rings is 1.